The molecule has 19 heavy (non-hydrogen) atoms. The van der Waals surface area contributed by atoms with E-state index in [1.807, 2.05) is 12.1 Å². The molecule has 0 heterocycles. The second-order valence-electron chi connectivity index (χ2n) is 5.23. The molecule has 0 aliphatic heterocycles. The number of ether oxygens (including phenoxy) is 1. The molecule has 1 aromatic rings. The zero-order valence-electron chi connectivity index (χ0n) is 11.3. The molecule has 1 aliphatic rings. The lowest BCUT2D eigenvalue weighted by Gasteiger charge is -2.37. The van der Waals surface area contributed by atoms with Gasteiger partial charge in [0.2, 0.25) is 0 Å². The number of nitrogens with two attached hydrogens (primary N) is 1. The van der Waals surface area contributed by atoms with Crippen LogP contribution in [0.25, 0.3) is 0 Å². The molecule has 2 rings (SSSR count). The molecular weight excluding hydrogens is 240 g/mol. The second-order valence-corrected chi connectivity index (χ2v) is 5.23. The molecule has 0 unspecified atom stereocenters. The maximum Gasteiger partial charge on any atom is 0.175 e. The number of benzene rings is 1. The van der Waals surface area contributed by atoms with Crippen LogP contribution < -0.4 is 10.5 Å². The molecule has 1 fully saturated rings. The van der Waals surface area contributed by atoms with E-state index in [2.05, 4.69) is 0 Å². The fraction of sp³-hybridized carbons (Fsp3) is 0.533. The lowest BCUT2D eigenvalue weighted by Crippen LogP contribution is -2.37. The Labute approximate surface area is 113 Å². The Morgan fingerprint density at radius 3 is 2.58 bits per heavy atom. The Morgan fingerprint density at radius 1 is 1.37 bits per heavy atom. The van der Waals surface area contributed by atoms with Gasteiger partial charge >= 0.3 is 0 Å². The van der Waals surface area contributed by atoms with Gasteiger partial charge in [-0.2, -0.15) is 5.26 Å². The van der Waals surface area contributed by atoms with Gasteiger partial charge in [0, 0.05) is 12.0 Å². The monoisotopic (exact) mass is 260 g/mol. The van der Waals surface area contributed by atoms with Gasteiger partial charge in [-0.05, 0) is 30.5 Å². The number of rotatable bonds is 3. The minimum atomic E-state index is -0.0864. The predicted molar refractivity (Wildman–Crippen MR) is 73.2 cm³/mol. The van der Waals surface area contributed by atoms with Gasteiger partial charge in [0.15, 0.2) is 11.5 Å². The van der Waals surface area contributed by atoms with E-state index in [1.165, 1.54) is 13.5 Å². The fourth-order valence-corrected chi connectivity index (χ4v) is 2.99. The lowest BCUT2D eigenvalue weighted by molar-refractivity contribution is 0.298. The summed E-state index contributed by atoms with van der Waals surface area (Å²) < 4.78 is 5.17. The molecule has 3 N–H and O–H groups in total. The first-order chi connectivity index (χ1) is 9.16. The van der Waals surface area contributed by atoms with E-state index in [0.717, 1.165) is 31.2 Å². The maximum absolute atomic E-state index is 9.89. The molecule has 102 valence electrons. The van der Waals surface area contributed by atoms with E-state index in [-0.39, 0.29) is 16.7 Å². The van der Waals surface area contributed by atoms with E-state index >= 15 is 0 Å². The van der Waals surface area contributed by atoms with Gasteiger partial charge in [0.1, 0.15) is 6.07 Å². The highest BCUT2D eigenvalue weighted by atomic mass is 16.5. The zero-order valence-corrected chi connectivity index (χ0v) is 11.3. The molecule has 1 saturated carbocycles. The Balaban J connectivity index is 2.52. The van der Waals surface area contributed by atoms with Crippen molar-refractivity contribution in [1.82, 2.24) is 0 Å². The smallest absolute Gasteiger partial charge is 0.175 e. The van der Waals surface area contributed by atoms with Crippen LogP contribution in [0.5, 0.6) is 11.5 Å². The molecule has 4 nitrogen and oxygen atoms in total. The summed E-state index contributed by atoms with van der Waals surface area (Å²) in [6, 6.07) is 5.61. The summed E-state index contributed by atoms with van der Waals surface area (Å²) in [5, 5.41) is 19.0. The quantitative estimate of drug-likeness (QED) is 0.874. The third kappa shape index (κ3) is 2.39. The number of aromatic hydroxyl groups is 1. The number of phenolic OH excluding ortho intramolecular Hbond substituents is 1. The van der Waals surface area contributed by atoms with Crippen LogP contribution in [-0.4, -0.2) is 18.8 Å². The fourth-order valence-electron chi connectivity index (χ4n) is 2.99. The first kappa shape index (κ1) is 13.7. The topological polar surface area (TPSA) is 79.3 Å². The van der Waals surface area contributed by atoms with Gasteiger partial charge in [-0.1, -0.05) is 19.3 Å². The van der Waals surface area contributed by atoms with Crippen LogP contribution in [0.4, 0.5) is 0 Å². The molecule has 0 atom stereocenters. The van der Waals surface area contributed by atoms with Crippen molar-refractivity contribution in [3.05, 3.63) is 23.3 Å². The summed E-state index contributed by atoms with van der Waals surface area (Å²) in [5.74, 6) is 0.268. The first-order valence-electron chi connectivity index (χ1n) is 6.68. The van der Waals surface area contributed by atoms with E-state index in [0.29, 0.717) is 12.3 Å². The molecular formula is C15H20N2O2. The van der Waals surface area contributed by atoms with Crippen molar-refractivity contribution in [2.45, 2.75) is 37.5 Å². The van der Waals surface area contributed by atoms with E-state index in [9.17, 15) is 5.11 Å². The number of methoxy groups -OCH3 is 1. The molecule has 0 radical (unpaired) electrons. The van der Waals surface area contributed by atoms with Crippen LogP contribution in [0.15, 0.2) is 12.1 Å². The first-order valence-corrected chi connectivity index (χ1v) is 6.68. The van der Waals surface area contributed by atoms with Crippen LogP contribution in [-0.2, 0) is 5.41 Å². The summed E-state index contributed by atoms with van der Waals surface area (Å²) in [5.41, 5.74) is 7.20. The van der Waals surface area contributed by atoms with Crippen molar-refractivity contribution < 1.29 is 9.84 Å². The molecule has 1 aliphatic carbocycles. The van der Waals surface area contributed by atoms with E-state index in [1.54, 1.807) is 6.07 Å². The van der Waals surface area contributed by atoms with Crippen LogP contribution in [0.1, 0.15) is 43.2 Å². The summed E-state index contributed by atoms with van der Waals surface area (Å²) >= 11 is 0. The van der Waals surface area contributed by atoms with Crippen LogP contribution in [0, 0.1) is 11.3 Å². The predicted octanol–water partition coefficient (Wildman–Crippen LogP) is 2.43. The molecule has 0 spiro atoms. The van der Waals surface area contributed by atoms with Crippen LogP contribution in [0.3, 0.4) is 0 Å². The normalized spacial score (nSPS) is 17.7. The number of nitrogens with zero attached hydrogens (tertiary/aromatic N) is 1. The second kappa shape index (κ2) is 5.50. The minimum Gasteiger partial charge on any atom is -0.503 e. The largest absolute Gasteiger partial charge is 0.503 e. The van der Waals surface area contributed by atoms with Crippen molar-refractivity contribution >= 4 is 0 Å². The van der Waals surface area contributed by atoms with Crippen LogP contribution in [0.2, 0.25) is 0 Å². The van der Waals surface area contributed by atoms with Crippen LogP contribution >= 0.6 is 0 Å². The van der Waals surface area contributed by atoms with Crippen molar-refractivity contribution in [2.24, 2.45) is 5.73 Å². The van der Waals surface area contributed by atoms with E-state index < -0.39 is 0 Å². The summed E-state index contributed by atoms with van der Waals surface area (Å²) in [4.78, 5) is 0. The lowest BCUT2D eigenvalue weighted by atomic mass is 9.69. The SMILES string of the molecule is COc1cc(C2(CN)CCCCC2)cc(C#N)c1O. The average Bonchev–Trinajstić information content (AvgIpc) is 2.48. The highest BCUT2D eigenvalue weighted by molar-refractivity contribution is 5.55. The third-order valence-corrected chi connectivity index (χ3v) is 4.23. The molecule has 0 saturated heterocycles. The van der Waals surface area contributed by atoms with Gasteiger partial charge in [-0.25, -0.2) is 0 Å². The summed E-state index contributed by atoms with van der Waals surface area (Å²) in [7, 11) is 1.50. The van der Waals surface area contributed by atoms with Crippen molar-refractivity contribution in [1.29, 1.82) is 5.26 Å². The average molecular weight is 260 g/mol. The van der Waals surface area contributed by atoms with E-state index in [4.69, 9.17) is 15.7 Å². The summed E-state index contributed by atoms with van der Waals surface area (Å²) in [6.07, 6.45) is 5.61. The Hall–Kier alpha value is -1.73. The number of nitriles is 1. The van der Waals surface area contributed by atoms with Crippen molar-refractivity contribution in [2.75, 3.05) is 13.7 Å². The minimum absolute atomic E-state index is 0.0785. The highest BCUT2D eigenvalue weighted by Gasteiger charge is 2.33. The van der Waals surface area contributed by atoms with Crippen molar-refractivity contribution in [3.63, 3.8) is 0 Å². The van der Waals surface area contributed by atoms with Gasteiger partial charge < -0.3 is 15.6 Å². The zero-order chi connectivity index (χ0) is 13.9. The van der Waals surface area contributed by atoms with Gasteiger partial charge in [0.25, 0.3) is 0 Å². The molecule has 0 aromatic heterocycles. The number of hydrogen-bond acceptors (Lipinski definition) is 4. The van der Waals surface area contributed by atoms with Gasteiger partial charge in [-0.15, -0.1) is 0 Å². The Kier molecular flexibility index (Phi) is 3.96. The molecule has 0 bridgehead atoms. The van der Waals surface area contributed by atoms with Gasteiger partial charge in [0.05, 0.1) is 12.7 Å². The molecule has 4 heteroatoms. The Bertz CT molecular complexity index is 500. The van der Waals surface area contributed by atoms with Crippen molar-refractivity contribution in [3.8, 4) is 17.6 Å². The maximum atomic E-state index is 9.89. The third-order valence-electron chi connectivity index (χ3n) is 4.23. The molecule has 0 amide bonds. The number of hydrogen-bond donors (Lipinski definition) is 2. The highest BCUT2D eigenvalue weighted by Crippen LogP contribution is 2.42. The standard InChI is InChI=1S/C15H20N2O2/c1-19-13-8-12(7-11(9-16)14(13)18)15(10-17)5-3-2-4-6-15/h7-8,18H,2-6,10,17H2,1H3. The van der Waals surface area contributed by atoms with Gasteiger partial charge in [-0.3, -0.25) is 0 Å². The number of phenols is 1. The molecule has 1 aromatic carbocycles. The summed E-state index contributed by atoms with van der Waals surface area (Å²) in [6.45, 7) is 0.561. The Morgan fingerprint density at radius 2 is 2.05 bits per heavy atom.